The zero-order valence-electron chi connectivity index (χ0n) is 11.7. The Kier molecular flexibility index (Phi) is 5.50. The molecule has 0 amide bonds. The average Bonchev–Trinajstić information content (AvgIpc) is 2.46. The van der Waals surface area contributed by atoms with Crippen molar-refractivity contribution in [1.29, 1.82) is 0 Å². The molecule has 0 unspecified atom stereocenters. The molecule has 0 radical (unpaired) electrons. The van der Waals surface area contributed by atoms with E-state index >= 15 is 0 Å². The number of aromatic nitrogens is 1. The number of benzene rings is 1. The fourth-order valence-electron chi connectivity index (χ4n) is 2.05. The van der Waals surface area contributed by atoms with Gasteiger partial charge < -0.3 is 10.2 Å². The quantitative estimate of drug-likeness (QED) is 0.785. The number of pyridine rings is 1. The molecule has 0 saturated heterocycles. The third-order valence-corrected chi connectivity index (χ3v) is 3.06. The van der Waals surface area contributed by atoms with Crippen molar-refractivity contribution in [3.63, 3.8) is 0 Å². The van der Waals surface area contributed by atoms with Crippen LogP contribution >= 0.6 is 0 Å². The molecule has 0 aliphatic rings. The number of rotatable bonds is 7. The van der Waals surface area contributed by atoms with Crippen LogP contribution in [0.25, 0.3) is 0 Å². The topological polar surface area (TPSA) is 28.2 Å². The summed E-state index contributed by atoms with van der Waals surface area (Å²) in [5, 5.41) is 3.02. The molecule has 0 bridgehead atoms. The Hall–Kier alpha value is -1.94. The van der Waals surface area contributed by atoms with E-state index in [0.29, 0.717) is 12.4 Å². The number of nitrogens with zero attached hydrogens (tertiary/aromatic N) is 2. The third-order valence-electron chi connectivity index (χ3n) is 3.06. The Labute approximate surface area is 119 Å². The van der Waals surface area contributed by atoms with Crippen LogP contribution in [0.3, 0.4) is 0 Å². The molecule has 0 atom stereocenters. The second kappa shape index (κ2) is 7.60. The first-order chi connectivity index (χ1) is 9.75. The van der Waals surface area contributed by atoms with Crippen molar-refractivity contribution in [2.24, 2.45) is 0 Å². The summed E-state index contributed by atoms with van der Waals surface area (Å²) in [5.74, 6) is 0.0309. The monoisotopic (exact) mass is 273 g/mol. The standard InChI is InChI=1S/C16H20FN3/c1-20(13-14-7-3-2-4-8-14)12-6-11-19-16-15(17)9-5-10-18-16/h2-5,7-10H,6,11-13H2,1H3,(H,18,19). The van der Waals surface area contributed by atoms with Crippen LogP contribution in [0.2, 0.25) is 0 Å². The highest BCUT2D eigenvalue weighted by molar-refractivity contribution is 5.35. The SMILES string of the molecule is CN(CCCNc1ncccc1F)Cc1ccccc1. The smallest absolute Gasteiger partial charge is 0.165 e. The molecule has 4 heteroatoms. The highest BCUT2D eigenvalue weighted by Gasteiger charge is 2.02. The highest BCUT2D eigenvalue weighted by atomic mass is 19.1. The van der Waals surface area contributed by atoms with E-state index < -0.39 is 0 Å². The molecule has 1 aromatic carbocycles. The minimum atomic E-state index is -0.301. The van der Waals surface area contributed by atoms with Gasteiger partial charge in [0.2, 0.25) is 0 Å². The molecule has 3 nitrogen and oxygen atoms in total. The van der Waals surface area contributed by atoms with Gasteiger partial charge in [0, 0.05) is 19.3 Å². The molecular formula is C16H20FN3. The third kappa shape index (κ3) is 4.63. The maximum absolute atomic E-state index is 13.3. The first kappa shape index (κ1) is 14.5. The number of hydrogen-bond donors (Lipinski definition) is 1. The molecule has 0 saturated carbocycles. The van der Waals surface area contributed by atoms with Crippen LogP contribution < -0.4 is 5.32 Å². The van der Waals surface area contributed by atoms with Gasteiger partial charge >= 0.3 is 0 Å². The predicted octanol–water partition coefficient (Wildman–Crippen LogP) is 3.15. The van der Waals surface area contributed by atoms with E-state index in [1.54, 1.807) is 12.3 Å². The first-order valence-corrected chi connectivity index (χ1v) is 6.82. The van der Waals surface area contributed by atoms with Crippen molar-refractivity contribution in [1.82, 2.24) is 9.88 Å². The summed E-state index contributed by atoms with van der Waals surface area (Å²) in [5.41, 5.74) is 1.30. The zero-order chi connectivity index (χ0) is 14.2. The zero-order valence-corrected chi connectivity index (χ0v) is 11.7. The normalized spacial score (nSPS) is 10.8. The summed E-state index contributed by atoms with van der Waals surface area (Å²) in [4.78, 5) is 6.22. The summed E-state index contributed by atoms with van der Waals surface area (Å²) in [6.45, 7) is 2.60. The van der Waals surface area contributed by atoms with Crippen molar-refractivity contribution in [3.8, 4) is 0 Å². The van der Waals surface area contributed by atoms with Gasteiger partial charge in [-0.25, -0.2) is 9.37 Å². The fourth-order valence-corrected chi connectivity index (χ4v) is 2.05. The number of halogens is 1. The Morgan fingerprint density at radius 2 is 1.95 bits per heavy atom. The lowest BCUT2D eigenvalue weighted by Crippen LogP contribution is -2.21. The van der Waals surface area contributed by atoms with E-state index in [0.717, 1.165) is 19.5 Å². The van der Waals surface area contributed by atoms with Gasteiger partial charge in [-0.2, -0.15) is 0 Å². The van der Waals surface area contributed by atoms with Gasteiger partial charge in [-0.05, 0) is 37.7 Å². The largest absolute Gasteiger partial charge is 0.368 e. The van der Waals surface area contributed by atoms with E-state index in [2.05, 4.69) is 46.5 Å². The van der Waals surface area contributed by atoms with Gasteiger partial charge in [0.1, 0.15) is 0 Å². The van der Waals surface area contributed by atoms with Crippen LogP contribution in [0.15, 0.2) is 48.7 Å². The first-order valence-electron chi connectivity index (χ1n) is 6.82. The lowest BCUT2D eigenvalue weighted by molar-refractivity contribution is 0.325. The van der Waals surface area contributed by atoms with Crippen LogP contribution in [-0.4, -0.2) is 30.0 Å². The molecule has 1 heterocycles. The Morgan fingerprint density at radius 3 is 2.70 bits per heavy atom. The second-order valence-electron chi connectivity index (χ2n) is 4.84. The van der Waals surface area contributed by atoms with Crippen molar-refractivity contribution < 1.29 is 4.39 Å². The molecule has 0 fully saturated rings. The van der Waals surface area contributed by atoms with E-state index in [4.69, 9.17) is 0 Å². The summed E-state index contributed by atoms with van der Waals surface area (Å²) in [6, 6.07) is 13.4. The van der Waals surface area contributed by atoms with Gasteiger partial charge in [-0.3, -0.25) is 0 Å². The van der Waals surface area contributed by atoms with Crippen LogP contribution in [0.5, 0.6) is 0 Å². The summed E-state index contributed by atoms with van der Waals surface area (Å²) >= 11 is 0. The molecule has 0 aliphatic carbocycles. The molecule has 106 valence electrons. The second-order valence-corrected chi connectivity index (χ2v) is 4.84. The van der Waals surface area contributed by atoms with Gasteiger partial charge in [-0.1, -0.05) is 30.3 Å². The molecule has 20 heavy (non-hydrogen) atoms. The van der Waals surface area contributed by atoms with Crippen LogP contribution in [0.1, 0.15) is 12.0 Å². The maximum atomic E-state index is 13.3. The number of nitrogens with one attached hydrogen (secondary N) is 1. The summed E-state index contributed by atoms with van der Waals surface area (Å²) in [6.07, 6.45) is 2.53. The minimum absolute atomic E-state index is 0.301. The summed E-state index contributed by atoms with van der Waals surface area (Å²) in [7, 11) is 2.09. The van der Waals surface area contributed by atoms with Gasteiger partial charge in [0.15, 0.2) is 11.6 Å². The molecule has 1 N–H and O–H groups in total. The average molecular weight is 273 g/mol. The Bertz CT molecular complexity index is 516. The molecule has 0 spiro atoms. The van der Waals surface area contributed by atoms with E-state index in [-0.39, 0.29) is 5.82 Å². The van der Waals surface area contributed by atoms with Crippen LogP contribution in [0.4, 0.5) is 10.2 Å². The Balaban J connectivity index is 1.67. The maximum Gasteiger partial charge on any atom is 0.165 e. The number of anilines is 1. The van der Waals surface area contributed by atoms with Gasteiger partial charge in [0.05, 0.1) is 0 Å². The Morgan fingerprint density at radius 1 is 1.15 bits per heavy atom. The lowest BCUT2D eigenvalue weighted by Gasteiger charge is -2.16. The number of hydrogen-bond acceptors (Lipinski definition) is 3. The van der Waals surface area contributed by atoms with Gasteiger partial charge in [0.25, 0.3) is 0 Å². The van der Waals surface area contributed by atoms with Crippen molar-refractivity contribution in [2.45, 2.75) is 13.0 Å². The lowest BCUT2D eigenvalue weighted by atomic mass is 10.2. The molecule has 0 aliphatic heterocycles. The summed E-state index contributed by atoms with van der Waals surface area (Å²) < 4.78 is 13.3. The molecular weight excluding hydrogens is 253 g/mol. The van der Waals surface area contributed by atoms with Gasteiger partial charge in [-0.15, -0.1) is 0 Å². The van der Waals surface area contributed by atoms with E-state index in [9.17, 15) is 4.39 Å². The molecule has 2 rings (SSSR count). The predicted molar refractivity (Wildman–Crippen MR) is 80.1 cm³/mol. The minimum Gasteiger partial charge on any atom is -0.368 e. The molecule has 2 aromatic rings. The van der Waals surface area contributed by atoms with Crippen molar-refractivity contribution in [3.05, 3.63) is 60.0 Å². The van der Waals surface area contributed by atoms with E-state index in [1.807, 2.05) is 6.07 Å². The van der Waals surface area contributed by atoms with Crippen LogP contribution in [0, 0.1) is 5.82 Å². The van der Waals surface area contributed by atoms with Crippen LogP contribution in [-0.2, 0) is 6.54 Å². The highest BCUT2D eigenvalue weighted by Crippen LogP contribution is 2.08. The van der Waals surface area contributed by atoms with E-state index in [1.165, 1.54) is 11.6 Å². The molecule has 1 aromatic heterocycles. The van der Waals surface area contributed by atoms with Crippen molar-refractivity contribution in [2.75, 3.05) is 25.5 Å². The van der Waals surface area contributed by atoms with Crippen molar-refractivity contribution >= 4 is 5.82 Å². The fraction of sp³-hybridized carbons (Fsp3) is 0.312.